The minimum Gasteiger partial charge on any atom is -0.267 e. The lowest BCUT2D eigenvalue weighted by Crippen LogP contribution is -2.18. The molecule has 2 rings (SSSR count). The topological polar surface area (TPSA) is 41.5 Å². The van der Waals surface area contributed by atoms with Gasteiger partial charge in [0.15, 0.2) is 0 Å². The maximum absolute atomic E-state index is 11.8. The Morgan fingerprint density at radius 2 is 1.76 bits per heavy atom. The first-order chi connectivity index (χ1) is 10.1. The number of nitrogens with zero attached hydrogens (tertiary/aromatic N) is 1. The zero-order chi connectivity index (χ0) is 15.1. The van der Waals surface area contributed by atoms with Crippen molar-refractivity contribution in [2.45, 2.75) is 6.92 Å². The van der Waals surface area contributed by atoms with Gasteiger partial charge in [-0.25, -0.2) is 5.43 Å². The molecule has 1 N–H and O–H groups in total. The fraction of sp³-hybridized carbons (Fsp3) is 0.0588. The number of halogens is 1. The maximum atomic E-state index is 11.8. The van der Waals surface area contributed by atoms with Gasteiger partial charge in [-0.15, -0.1) is 0 Å². The number of nitrogens with one attached hydrogen (secondary N) is 1. The highest BCUT2D eigenvalue weighted by Crippen LogP contribution is 2.09. The summed E-state index contributed by atoms with van der Waals surface area (Å²) in [6.07, 6.45) is 3.78. The highest BCUT2D eigenvalue weighted by molar-refractivity contribution is 6.30. The predicted octanol–water partition coefficient (Wildman–Crippen LogP) is 4.16. The van der Waals surface area contributed by atoms with Crippen LogP contribution >= 0.6 is 11.6 Å². The Hall–Kier alpha value is -2.39. The summed E-state index contributed by atoms with van der Waals surface area (Å²) in [5.41, 5.74) is 4.81. The number of benzene rings is 2. The van der Waals surface area contributed by atoms with Crippen LogP contribution in [-0.2, 0) is 0 Å². The summed E-state index contributed by atoms with van der Waals surface area (Å²) >= 11 is 5.77. The van der Waals surface area contributed by atoms with E-state index in [0.717, 1.165) is 5.56 Å². The van der Waals surface area contributed by atoms with Gasteiger partial charge in [0, 0.05) is 10.6 Å². The summed E-state index contributed by atoms with van der Waals surface area (Å²) in [5, 5.41) is 4.63. The first-order valence-electron chi connectivity index (χ1n) is 6.48. The summed E-state index contributed by atoms with van der Waals surface area (Å²) in [4.78, 5) is 11.8. The minimum atomic E-state index is -0.265. The molecule has 21 heavy (non-hydrogen) atoms. The fourth-order valence-corrected chi connectivity index (χ4v) is 1.75. The zero-order valence-electron chi connectivity index (χ0n) is 11.6. The summed E-state index contributed by atoms with van der Waals surface area (Å²) < 4.78 is 0. The lowest BCUT2D eigenvalue weighted by Gasteiger charge is -2.00. The molecule has 4 heteroatoms. The van der Waals surface area contributed by atoms with Crippen LogP contribution < -0.4 is 5.43 Å². The molecule has 0 aliphatic heterocycles. The highest BCUT2D eigenvalue weighted by atomic mass is 35.5. The highest BCUT2D eigenvalue weighted by Gasteiger charge is 2.03. The van der Waals surface area contributed by atoms with Crippen molar-refractivity contribution in [2.75, 3.05) is 0 Å². The monoisotopic (exact) mass is 298 g/mol. The van der Waals surface area contributed by atoms with Crippen molar-refractivity contribution >= 4 is 29.3 Å². The summed E-state index contributed by atoms with van der Waals surface area (Å²) in [6.45, 7) is 1.82. The van der Waals surface area contributed by atoms with Crippen LogP contribution in [0.1, 0.15) is 22.8 Å². The Labute approximate surface area is 129 Å². The molecular formula is C17H15ClN2O. The molecule has 0 saturated carbocycles. The summed E-state index contributed by atoms with van der Waals surface area (Å²) in [5.74, 6) is -0.265. The SMILES string of the molecule is CC(/C=C/c1ccccc1)=N\NC(=O)c1ccc(Cl)cc1. The Morgan fingerprint density at radius 3 is 2.43 bits per heavy atom. The van der Waals surface area contributed by atoms with E-state index in [2.05, 4.69) is 10.5 Å². The van der Waals surface area contributed by atoms with Gasteiger partial charge in [0.1, 0.15) is 0 Å². The number of rotatable bonds is 4. The number of hydrogen-bond acceptors (Lipinski definition) is 2. The Balaban J connectivity index is 1.95. The summed E-state index contributed by atoms with van der Waals surface area (Å²) in [7, 11) is 0. The van der Waals surface area contributed by atoms with Crippen molar-refractivity contribution in [3.05, 3.63) is 76.8 Å². The van der Waals surface area contributed by atoms with E-state index in [1.54, 1.807) is 24.3 Å². The minimum absolute atomic E-state index is 0.265. The molecule has 0 fully saturated rings. The van der Waals surface area contributed by atoms with Crippen LogP contribution in [0, 0.1) is 0 Å². The molecule has 0 bridgehead atoms. The van der Waals surface area contributed by atoms with Gasteiger partial charge < -0.3 is 0 Å². The predicted molar refractivity (Wildman–Crippen MR) is 87.5 cm³/mol. The second-order valence-electron chi connectivity index (χ2n) is 4.45. The van der Waals surface area contributed by atoms with Crippen molar-refractivity contribution in [3.63, 3.8) is 0 Å². The van der Waals surface area contributed by atoms with Crippen molar-refractivity contribution in [1.29, 1.82) is 0 Å². The molecule has 2 aromatic rings. The Bertz CT molecular complexity index is 661. The van der Waals surface area contributed by atoms with E-state index in [1.165, 1.54) is 0 Å². The molecule has 0 aliphatic carbocycles. The van der Waals surface area contributed by atoms with E-state index >= 15 is 0 Å². The van der Waals surface area contributed by atoms with E-state index in [0.29, 0.717) is 16.3 Å². The molecule has 0 saturated heterocycles. The third-order valence-electron chi connectivity index (χ3n) is 2.76. The molecule has 0 atom stereocenters. The molecule has 0 aliphatic rings. The molecule has 0 spiro atoms. The normalized spacial score (nSPS) is 11.6. The molecule has 2 aromatic carbocycles. The average molecular weight is 299 g/mol. The van der Waals surface area contributed by atoms with Gasteiger partial charge in [0.2, 0.25) is 0 Å². The average Bonchev–Trinajstić information content (AvgIpc) is 2.52. The van der Waals surface area contributed by atoms with Crippen molar-refractivity contribution in [3.8, 4) is 0 Å². The van der Waals surface area contributed by atoms with E-state index in [-0.39, 0.29) is 5.91 Å². The first kappa shape index (κ1) is 15.0. The van der Waals surface area contributed by atoms with E-state index in [1.807, 2.05) is 49.4 Å². The van der Waals surface area contributed by atoms with Crippen LogP contribution in [0.15, 0.2) is 65.8 Å². The molecule has 1 amide bonds. The van der Waals surface area contributed by atoms with Crippen LogP contribution in [-0.4, -0.2) is 11.6 Å². The molecule has 0 unspecified atom stereocenters. The fourth-order valence-electron chi connectivity index (χ4n) is 1.62. The molecular weight excluding hydrogens is 284 g/mol. The van der Waals surface area contributed by atoms with Crippen LogP contribution in [0.4, 0.5) is 0 Å². The number of hydrogen-bond donors (Lipinski definition) is 1. The van der Waals surface area contributed by atoms with Crippen molar-refractivity contribution < 1.29 is 4.79 Å². The lowest BCUT2D eigenvalue weighted by molar-refractivity contribution is 0.0955. The number of carbonyl (C=O) groups excluding carboxylic acids is 1. The van der Waals surface area contributed by atoms with Crippen LogP contribution in [0.2, 0.25) is 5.02 Å². The zero-order valence-corrected chi connectivity index (χ0v) is 12.3. The number of carbonyl (C=O) groups is 1. The standard InChI is InChI=1S/C17H15ClN2O/c1-13(7-8-14-5-3-2-4-6-14)19-20-17(21)15-9-11-16(18)12-10-15/h2-12H,1H3,(H,20,21)/b8-7+,19-13+. The van der Waals surface area contributed by atoms with Crippen molar-refractivity contribution in [1.82, 2.24) is 5.43 Å². The van der Waals surface area contributed by atoms with Crippen LogP contribution in [0.25, 0.3) is 6.08 Å². The third kappa shape index (κ3) is 4.89. The van der Waals surface area contributed by atoms with Gasteiger partial charge >= 0.3 is 0 Å². The van der Waals surface area contributed by atoms with Gasteiger partial charge in [0.05, 0.1) is 5.71 Å². The lowest BCUT2D eigenvalue weighted by atomic mass is 10.2. The van der Waals surface area contributed by atoms with Crippen molar-refractivity contribution in [2.24, 2.45) is 5.10 Å². The smallest absolute Gasteiger partial charge is 0.267 e. The molecule has 0 radical (unpaired) electrons. The molecule has 3 nitrogen and oxygen atoms in total. The van der Waals surface area contributed by atoms with Gasteiger partial charge in [-0.05, 0) is 42.8 Å². The Morgan fingerprint density at radius 1 is 1.10 bits per heavy atom. The van der Waals surface area contributed by atoms with E-state index < -0.39 is 0 Å². The quantitative estimate of drug-likeness (QED) is 0.668. The van der Waals surface area contributed by atoms with E-state index in [9.17, 15) is 4.79 Å². The summed E-state index contributed by atoms with van der Waals surface area (Å²) in [6, 6.07) is 16.5. The first-order valence-corrected chi connectivity index (χ1v) is 6.86. The largest absolute Gasteiger partial charge is 0.271 e. The van der Waals surface area contributed by atoms with Gasteiger partial charge in [-0.2, -0.15) is 5.10 Å². The maximum Gasteiger partial charge on any atom is 0.271 e. The van der Waals surface area contributed by atoms with Gasteiger partial charge in [0.25, 0.3) is 5.91 Å². The molecule has 106 valence electrons. The third-order valence-corrected chi connectivity index (χ3v) is 3.01. The van der Waals surface area contributed by atoms with Gasteiger partial charge in [-0.3, -0.25) is 4.79 Å². The number of allylic oxidation sites excluding steroid dienone is 1. The molecule has 0 heterocycles. The Kier molecular flexibility index (Phi) is 5.29. The molecule has 0 aromatic heterocycles. The van der Waals surface area contributed by atoms with E-state index in [4.69, 9.17) is 11.6 Å². The van der Waals surface area contributed by atoms with Crippen LogP contribution in [0.5, 0.6) is 0 Å². The second-order valence-corrected chi connectivity index (χ2v) is 4.88. The van der Waals surface area contributed by atoms with Crippen LogP contribution in [0.3, 0.4) is 0 Å². The second kappa shape index (κ2) is 7.41. The van der Waals surface area contributed by atoms with Gasteiger partial charge in [-0.1, -0.05) is 48.0 Å². The number of hydrazone groups is 1. The number of amides is 1.